The molecule has 0 fully saturated rings. The molecule has 0 rings (SSSR count). The van der Waals surface area contributed by atoms with Crippen LogP contribution >= 0.6 is 0 Å². The Morgan fingerprint density at radius 3 is 2.36 bits per heavy atom. The van der Waals surface area contributed by atoms with Crippen LogP contribution in [0, 0.1) is 5.92 Å². The van der Waals surface area contributed by atoms with E-state index in [4.69, 9.17) is 8.27 Å². The summed E-state index contributed by atoms with van der Waals surface area (Å²) >= 11 is 0.678. The van der Waals surface area contributed by atoms with E-state index >= 15 is 0 Å². The van der Waals surface area contributed by atoms with Crippen LogP contribution in [0.25, 0.3) is 0 Å². The summed E-state index contributed by atoms with van der Waals surface area (Å²) in [6.07, 6.45) is 2.28. The van der Waals surface area contributed by atoms with Crippen LogP contribution in [0.4, 0.5) is 0 Å². The predicted octanol–water partition coefficient (Wildman–Crippen LogP) is 1.35. The number of carbonyl (C=O) groups excluding carboxylic acids is 1. The minimum absolute atomic E-state index is 0.00881. The summed E-state index contributed by atoms with van der Waals surface area (Å²) in [5, 5.41) is 0. The van der Waals surface area contributed by atoms with Gasteiger partial charge in [-0.3, -0.25) is 0 Å². The zero-order valence-electron chi connectivity index (χ0n) is 9.37. The molecule has 0 aromatic heterocycles. The van der Waals surface area contributed by atoms with Gasteiger partial charge in [0.15, 0.2) is 0 Å². The molecule has 14 heavy (non-hydrogen) atoms. The summed E-state index contributed by atoms with van der Waals surface area (Å²) in [6, 6.07) is 0. The number of ketones is 1. The fourth-order valence-electron chi connectivity index (χ4n) is 1.02. The van der Waals surface area contributed by atoms with Gasteiger partial charge in [-0.15, -0.1) is 0 Å². The number of allylic oxidation sites excluding steroid dienone is 1. The van der Waals surface area contributed by atoms with Crippen molar-refractivity contribution >= 4 is 24.7 Å². The quantitative estimate of drug-likeness (QED) is 0.409. The van der Waals surface area contributed by atoms with Gasteiger partial charge < -0.3 is 0 Å². The molecule has 3 nitrogen and oxygen atoms in total. The predicted molar refractivity (Wildman–Crippen MR) is 57.3 cm³/mol. The molecule has 1 unspecified atom stereocenters. The molecule has 0 bridgehead atoms. The third kappa shape index (κ3) is 4.35. The Bertz CT molecular complexity index is 207. The number of ether oxygens (including phenoxy) is 1. The van der Waals surface area contributed by atoms with Crippen molar-refractivity contribution in [2.75, 3.05) is 7.11 Å². The Morgan fingerprint density at radius 2 is 2.07 bits per heavy atom. The monoisotopic (exact) mass is 255 g/mol. The molecule has 0 saturated heterocycles. The summed E-state index contributed by atoms with van der Waals surface area (Å²) in [5.41, 5.74) is 0. The molecule has 0 aliphatic rings. The summed E-state index contributed by atoms with van der Waals surface area (Å²) in [6.45, 7) is 5.74. The molecule has 0 aromatic rings. The molecule has 0 aromatic carbocycles. The fraction of sp³-hybridized carbons (Fsp3) is 0.700. The van der Waals surface area contributed by atoms with Gasteiger partial charge in [-0.25, -0.2) is 0 Å². The van der Waals surface area contributed by atoms with Crippen LogP contribution < -0.4 is 0 Å². The molecule has 1 atom stereocenters. The second-order valence-electron chi connectivity index (χ2n) is 3.38. The second-order valence-corrected chi connectivity index (χ2v) is 3.99. The number of hydrogen-bond acceptors (Lipinski definition) is 3. The van der Waals surface area contributed by atoms with Crippen molar-refractivity contribution in [2.45, 2.75) is 33.3 Å². The van der Waals surface area contributed by atoms with Gasteiger partial charge >= 0.3 is 96.0 Å². The molecular formula is C10H18GaO3. The number of carbonyl (C=O) groups is 1. The van der Waals surface area contributed by atoms with Gasteiger partial charge in [-0.05, 0) is 0 Å². The van der Waals surface area contributed by atoms with Crippen LogP contribution in [0.15, 0.2) is 11.8 Å². The summed E-state index contributed by atoms with van der Waals surface area (Å²) in [5.74, 6) is 0.757. The molecule has 1 radical (unpaired) electrons. The first-order valence-electron chi connectivity index (χ1n) is 4.77. The zero-order valence-corrected chi connectivity index (χ0v) is 12.3. The summed E-state index contributed by atoms with van der Waals surface area (Å²) < 4.78 is 10.5. The van der Waals surface area contributed by atoms with Crippen LogP contribution in [0.1, 0.15) is 27.2 Å². The zero-order chi connectivity index (χ0) is 11.1. The first-order valence-corrected chi connectivity index (χ1v) is 5.98. The Morgan fingerprint density at radius 1 is 1.50 bits per heavy atom. The average molecular weight is 256 g/mol. The first-order chi connectivity index (χ1) is 6.56. The molecule has 0 amide bonds. The number of methoxy groups -OCH3 is 1. The van der Waals surface area contributed by atoms with Crippen molar-refractivity contribution in [3.8, 4) is 0 Å². The Balaban J connectivity index is 4.60. The van der Waals surface area contributed by atoms with Crippen LogP contribution in [0.3, 0.4) is 0 Å². The van der Waals surface area contributed by atoms with E-state index in [1.165, 1.54) is 0 Å². The topological polar surface area (TPSA) is 35.5 Å². The molecule has 4 heteroatoms. The minimum atomic E-state index is -0.0913. The third-order valence-electron chi connectivity index (χ3n) is 1.99. The van der Waals surface area contributed by atoms with Crippen molar-refractivity contribution in [3.63, 3.8) is 0 Å². The van der Waals surface area contributed by atoms with E-state index in [-0.39, 0.29) is 17.8 Å². The molecular weight excluding hydrogens is 238 g/mol. The molecule has 0 spiro atoms. The number of rotatable bonds is 6. The van der Waals surface area contributed by atoms with Crippen LogP contribution in [0.2, 0.25) is 0 Å². The molecule has 0 aliphatic heterocycles. The molecule has 0 aliphatic carbocycles. The standard InChI is InChI=1S/C10H18O3.Ga.H/c1-5-10(13-4)9(12)6-8(11)7(2)3;;/h6-7,10,12H,5H2,1-4H3;;/q;+1;/p-1. The Kier molecular flexibility index (Phi) is 7.05. The molecule has 0 saturated carbocycles. The van der Waals surface area contributed by atoms with Gasteiger partial charge in [0.2, 0.25) is 0 Å². The van der Waals surface area contributed by atoms with Gasteiger partial charge in [-0.2, -0.15) is 0 Å². The van der Waals surface area contributed by atoms with Crippen molar-refractivity contribution in [1.29, 1.82) is 0 Å². The van der Waals surface area contributed by atoms with Crippen LogP contribution in [-0.4, -0.2) is 38.0 Å². The van der Waals surface area contributed by atoms with Gasteiger partial charge in [0, 0.05) is 0 Å². The van der Waals surface area contributed by atoms with Crippen molar-refractivity contribution < 1.29 is 13.1 Å². The Labute approximate surface area is 96.2 Å². The first kappa shape index (κ1) is 13.8. The molecule has 0 N–H and O–H groups in total. The normalized spacial score (nSPS) is 14.2. The second kappa shape index (κ2) is 7.14. The van der Waals surface area contributed by atoms with E-state index in [9.17, 15) is 4.79 Å². The van der Waals surface area contributed by atoms with E-state index in [0.29, 0.717) is 24.7 Å². The van der Waals surface area contributed by atoms with E-state index in [1.807, 2.05) is 20.8 Å². The van der Waals surface area contributed by atoms with Gasteiger partial charge in [0.05, 0.1) is 0 Å². The average Bonchev–Trinajstić information content (AvgIpc) is 2.17. The summed E-state index contributed by atoms with van der Waals surface area (Å²) in [7, 11) is 1.63. The van der Waals surface area contributed by atoms with E-state index in [0.717, 1.165) is 6.42 Å². The number of hydrogen-bond donors (Lipinski definition) is 0. The van der Waals surface area contributed by atoms with Gasteiger partial charge in [-0.1, -0.05) is 0 Å². The fourth-order valence-corrected chi connectivity index (χ4v) is 1.58. The van der Waals surface area contributed by atoms with Crippen LogP contribution in [0.5, 0.6) is 0 Å². The van der Waals surface area contributed by atoms with Gasteiger partial charge in [0.25, 0.3) is 0 Å². The van der Waals surface area contributed by atoms with Gasteiger partial charge in [0.1, 0.15) is 0 Å². The summed E-state index contributed by atoms with van der Waals surface area (Å²) in [4.78, 5) is 11.5. The molecule has 79 valence electrons. The van der Waals surface area contributed by atoms with E-state index in [1.54, 1.807) is 13.2 Å². The van der Waals surface area contributed by atoms with Crippen molar-refractivity contribution in [1.82, 2.24) is 0 Å². The van der Waals surface area contributed by atoms with Crippen molar-refractivity contribution in [3.05, 3.63) is 11.8 Å². The Hall–Kier alpha value is -0.194. The maximum absolute atomic E-state index is 11.5. The van der Waals surface area contributed by atoms with E-state index < -0.39 is 0 Å². The SMILES string of the molecule is CCC(OC)C(=CC(=O)C(C)C)[O][GaH]. The van der Waals surface area contributed by atoms with Crippen molar-refractivity contribution in [2.24, 2.45) is 5.92 Å². The van der Waals surface area contributed by atoms with Crippen LogP contribution in [-0.2, 0) is 13.1 Å². The maximum atomic E-state index is 11.5. The molecule has 0 heterocycles. The third-order valence-corrected chi connectivity index (χ3v) is 2.69. The van der Waals surface area contributed by atoms with E-state index in [2.05, 4.69) is 0 Å².